The molecule has 1 aromatic rings. The number of aromatic nitrogens is 1. The Morgan fingerprint density at radius 3 is 2.84 bits per heavy atom. The van der Waals surface area contributed by atoms with Gasteiger partial charge in [-0.15, -0.1) is 0 Å². The summed E-state index contributed by atoms with van der Waals surface area (Å²) in [6, 6.07) is 1.75. The Labute approximate surface area is 112 Å². The second-order valence-electron chi connectivity index (χ2n) is 5.15. The van der Waals surface area contributed by atoms with Crippen LogP contribution in [0.25, 0.3) is 0 Å². The van der Waals surface area contributed by atoms with E-state index < -0.39 is 0 Å². The molecule has 0 atom stereocenters. The summed E-state index contributed by atoms with van der Waals surface area (Å²) in [7, 11) is 0. The van der Waals surface area contributed by atoms with Gasteiger partial charge in [0, 0.05) is 31.2 Å². The molecule has 6 heteroatoms. The van der Waals surface area contributed by atoms with Crippen LogP contribution in [-0.2, 0) is 16.0 Å². The lowest BCUT2D eigenvalue weighted by Gasteiger charge is -2.35. The van der Waals surface area contributed by atoms with Crippen LogP contribution in [-0.4, -0.2) is 42.5 Å². The van der Waals surface area contributed by atoms with Gasteiger partial charge in [-0.1, -0.05) is 5.16 Å². The third-order valence-electron chi connectivity index (χ3n) is 3.57. The lowest BCUT2D eigenvalue weighted by molar-refractivity contribution is -0.121. The zero-order valence-corrected chi connectivity index (χ0v) is 11.1. The van der Waals surface area contributed by atoms with Gasteiger partial charge in [0.2, 0.25) is 5.91 Å². The number of hydrogen-bond donors (Lipinski definition) is 2. The fraction of sp³-hybridized carbons (Fsp3) is 0.692. The monoisotopic (exact) mass is 268 g/mol. The Balaban J connectivity index is 1.82. The van der Waals surface area contributed by atoms with Crippen LogP contribution in [0.3, 0.4) is 0 Å². The van der Waals surface area contributed by atoms with Crippen molar-refractivity contribution >= 4 is 5.91 Å². The predicted molar refractivity (Wildman–Crippen MR) is 67.5 cm³/mol. The molecule has 1 aliphatic rings. The van der Waals surface area contributed by atoms with Crippen LogP contribution in [0.2, 0.25) is 0 Å². The summed E-state index contributed by atoms with van der Waals surface area (Å²) in [5, 5.41) is 16.2. The maximum absolute atomic E-state index is 11.8. The van der Waals surface area contributed by atoms with Gasteiger partial charge in [0.25, 0.3) is 0 Å². The number of aliphatic hydroxyl groups excluding tert-OH is 1. The van der Waals surface area contributed by atoms with Crippen LogP contribution in [0.1, 0.15) is 24.3 Å². The molecule has 0 unspecified atom stereocenters. The first-order valence-corrected chi connectivity index (χ1v) is 6.51. The van der Waals surface area contributed by atoms with Gasteiger partial charge in [-0.2, -0.15) is 0 Å². The molecule has 1 saturated heterocycles. The number of nitrogens with zero attached hydrogens (tertiary/aromatic N) is 1. The highest BCUT2D eigenvalue weighted by molar-refractivity contribution is 5.78. The van der Waals surface area contributed by atoms with E-state index in [1.54, 1.807) is 13.0 Å². The van der Waals surface area contributed by atoms with E-state index in [1.807, 2.05) is 0 Å². The quantitative estimate of drug-likeness (QED) is 0.809. The number of nitrogens with one attached hydrogen (secondary N) is 1. The standard InChI is InChI=1S/C13H20N2O4/c1-10-6-11(15-19-10)7-12(17)14-8-13(9-16)2-4-18-5-3-13/h6,16H,2-5,7-9H2,1H3,(H,14,17). The molecule has 0 saturated carbocycles. The second-order valence-corrected chi connectivity index (χ2v) is 5.15. The van der Waals surface area contributed by atoms with E-state index in [9.17, 15) is 9.90 Å². The van der Waals surface area contributed by atoms with Gasteiger partial charge in [0.05, 0.1) is 18.7 Å². The minimum Gasteiger partial charge on any atom is -0.396 e. The normalized spacial score (nSPS) is 18.2. The molecule has 0 radical (unpaired) electrons. The molecular formula is C13H20N2O4. The van der Waals surface area contributed by atoms with Crippen molar-refractivity contribution in [3.05, 3.63) is 17.5 Å². The average Bonchev–Trinajstić information content (AvgIpc) is 2.83. The lowest BCUT2D eigenvalue weighted by Crippen LogP contribution is -2.44. The first kappa shape index (κ1) is 14.0. The van der Waals surface area contributed by atoms with Crippen molar-refractivity contribution in [1.29, 1.82) is 0 Å². The molecular weight excluding hydrogens is 248 g/mol. The first-order chi connectivity index (χ1) is 9.13. The first-order valence-electron chi connectivity index (χ1n) is 6.51. The average molecular weight is 268 g/mol. The van der Waals surface area contributed by atoms with Crippen molar-refractivity contribution in [3.63, 3.8) is 0 Å². The fourth-order valence-electron chi connectivity index (χ4n) is 2.21. The van der Waals surface area contributed by atoms with E-state index in [2.05, 4.69) is 10.5 Å². The lowest BCUT2D eigenvalue weighted by atomic mass is 9.81. The summed E-state index contributed by atoms with van der Waals surface area (Å²) in [6.45, 7) is 3.61. The van der Waals surface area contributed by atoms with Crippen molar-refractivity contribution in [2.75, 3.05) is 26.4 Å². The smallest absolute Gasteiger partial charge is 0.226 e. The van der Waals surface area contributed by atoms with Gasteiger partial charge in [0.15, 0.2) is 0 Å². The number of carbonyl (C=O) groups excluding carboxylic acids is 1. The molecule has 1 aliphatic heterocycles. The number of rotatable bonds is 5. The summed E-state index contributed by atoms with van der Waals surface area (Å²) in [5.41, 5.74) is 0.383. The molecule has 0 spiro atoms. The highest BCUT2D eigenvalue weighted by atomic mass is 16.5. The Morgan fingerprint density at radius 2 is 2.26 bits per heavy atom. The van der Waals surface area contributed by atoms with E-state index in [1.165, 1.54) is 0 Å². The highest BCUT2D eigenvalue weighted by Gasteiger charge is 2.32. The van der Waals surface area contributed by atoms with Crippen molar-refractivity contribution in [1.82, 2.24) is 10.5 Å². The summed E-state index contributed by atoms with van der Waals surface area (Å²) in [6.07, 6.45) is 1.75. The van der Waals surface area contributed by atoms with Crippen molar-refractivity contribution in [2.45, 2.75) is 26.2 Å². The number of hydrogen-bond acceptors (Lipinski definition) is 5. The van der Waals surface area contributed by atoms with Crippen molar-refractivity contribution in [3.8, 4) is 0 Å². The van der Waals surface area contributed by atoms with Gasteiger partial charge in [0.1, 0.15) is 5.76 Å². The van der Waals surface area contributed by atoms with Crippen molar-refractivity contribution in [2.24, 2.45) is 5.41 Å². The minimum atomic E-state index is -0.242. The van der Waals surface area contributed by atoms with Crippen LogP contribution in [0.4, 0.5) is 0 Å². The summed E-state index contributed by atoms with van der Waals surface area (Å²) in [4.78, 5) is 11.8. The number of aryl methyl sites for hydroxylation is 1. The summed E-state index contributed by atoms with van der Waals surface area (Å²) < 4.78 is 10.2. The largest absolute Gasteiger partial charge is 0.396 e. The van der Waals surface area contributed by atoms with Crippen LogP contribution in [0.5, 0.6) is 0 Å². The van der Waals surface area contributed by atoms with Gasteiger partial charge in [-0.25, -0.2) is 0 Å². The third-order valence-corrected chi connectivity index (χ3v) is 3.57. The zero-order valence-electron chi connectivity index (χ0n) is 11.1. The Hall–Kier alpha value is -1.40. The van der Waals surface area contributed by atoms with Crippen LogP contribution in [0, 0.1) is 12.3 Å². The van der Waals surface area contributed by atoms with Crippen LogP contribution in [0.15, 0.2) is 10.6 Å². The van der Waals surface area contributed by atoms with Gasteiger partial charge in [-0.3, -0.25) is 4.79 Å². The highest BCUT2D eigenvalue weighted by Crippen LogP contribution is 2.28. The maximum Gasteiger partial charge on any atom is 0.226 e. The van der Waals surface area contributed by atoms with E-state index in [4.69, 9.17) is 9.26 Å². The van der Waals surface area contributed by atoms with Crippen molar-refractivity contribution < 1.29 is 19.2 Å². The Morgan fingerprint density at radius 1 is 1.53 bits per heavy atom. The second kappa shape index (κ2) is 6.16. The van der Waals surface area contributed by atoms with Gasteiger partial charge < -0.3 is 19.7 Å². The molecule has 1 amide bonds. The van der Waals surface area contributed by atoms with Crippen LogP contribution < -0.4 is 5.32 Å². The molecule has 2 heterocycles. The molecule has 1 aromatic heterocycles. The molecule has 0 aromatic carbocycles. The number of ether oxygens (including phenoxy) is 1. The van der Waals surface area contributed by atoms with E-state index in [0.717, 1.165) is 12.8 Å². The molecule has 19 heavy (non-hydrogen) atoms. The molecule has 2 N–H and O–H groups in total. The van der Waals surface area contributed by atoms with Gasteiger partial charge >= 0.3 is 0 Å². The maximum atomic E-state index is 11.8. The number of carbonyl (C=O) groups is 1. The zero-order chi connectivity index (χ0) is 13.7. The molecule has 2 rings (SSSR count). The Bertz CT molecular complexity index is 424. The third kappa shape index (κ3) is 3.78. The topological polar surface area (TPSA) is 84.6 Å². The van der Waals surface area contributed by atoms with Gasteiger partial charge in [-0.05, 0) is 19.8 Å². The summed E-state index contributed by atoms with van der Waals surface area (Å²) in [5.74, 6) is 0.590. The number of aliphatic hydroxyl groups is 1. The fourth-order valence-corrected chi connectivity index (χ4v) is 2.21. The minimum absolute atomic E-state index is 0.0692. The summed E-state index contributed by atoms with van der Waals surface area (Å²) >= 11 is 0. The molecule has 1 fully saturated rings. The SMILES string of the molecule is Cc1cc(CC(=O)NCC2(CO)CCOCC2)no1. The Kier molecular flexibility index (Phi) is 4.55. The molecule has 6 nitrogen and oxygen atoms in total. The number of amides is 1. The van der Waals surface area contributed by atoms with Crippen LogP contribution >= 0.6 is 0 Å². The molecule has 106 valence electrons. The van der Waals surface area contributed by atoms with E-state index in [-0.39, 0.29) is 24.3 Å². The molecule has 0 bridgehead atoms. The van der Waals surface area contributed by atoms with E-state index in [0.29, 0.717) is 31.2 Å². The molecule has 0 aliphatic carbocycles. The predicted octanol–water partition coefficient (Wildman–Crippen LogP) is 0.431. The van der Waals surface area contributed by atoms with E-state index >= 15 is 0 Å².